The van der Waals surface area contributed by atoms with Gasteiger partial charge in [-0.3, -0.25) is 0 Å². The number of carboxylic acid groups (broad SMARTS) is 1. The zero-order chi connectivity index (χ0) is 14.8. The van der Waals surface area contributed by atoms with Crippen LogP contribution in [0.4, 0.5) is 4.79 Å². The van der Waals surface area contributed by atoms with Gasteiger partial charge in [0.1, 0.15) is 0 Å². The number of amides is 1. The second-order valence-electron chi connectivity index (χ2n) is 5.24. The van der Waals surface area contributed by atoms with E-state index in [0.29, 0.717) is 6.54 Å². The quantitative estimate of drug-likeness (QED) is 0.831. The van der Waals surface area contributed by atoms with Crippen molar-refractivity contribution < 1.29 is 9.90 Å². The lowest BCUT2D eigenvalue weighted by atomic mass is 10.1. The second kappa shape index (κ2) is 6.16. The molecular formula is C16H16ClNO2S. The molecule has 110 valence electrons. The van der Waals surface area contributed by atoms with Crippen LogP contribution in [0.15, 0.2) is 41.3 Å². The highest BCUT2D eigenvalue weighted by molar-refractivity contribution is 7.99. The highest BCUT2D eigenvalue weighted by atomic mass is 35.5. The lowest BCUT2D eigenvalue weighted by Gasteiger charge is -2.21. The Kier molecular flexibility index (Phi) is 4.27. The minimum Gasteiger partial charge on any atom is -0.465 e. The first-order valence-corrected chi connectivity index (χ1v) is 8.31. The largest absolute Gasteiger partial charge is 0.465 e. The average molecular weight is 322 g/mol. The molecule has 0 radical (unpaired) electrons. The fourth-order valence-corrected chi connectivity index (χ4v) is 4.02. The molecule has 1 heterocycles. The number of likely N-dealkylation sites (tertiary alicyclic amines) is 1. The first-order chi connectivity index (χ1) is 10.1. The SMILES string of the molecule is O=C(O)N1CCC[C@H]1CSc1ccc2cc(Cl)ccc2c1. The van der Waals surface area contributed by atoms with E-state index >= 15 is 0 Å². The lowest BCUT2D eigenvalue weighted by Crippen LogP contribution is -2.35. The Morgan fingerprint density at radius 3 is 2.86 bits per heavy atom. The molecule has 5 heteroatoms. The van der Waals surface area contributed by atoms with Crippen LogP contribution in [-0.4, -0.2) is 34.4 Å². The minimum atomic E-state index is -0.800. The van der Waals surface area contributed by atoms with Crippen molar-refractivity contribution in [2.45, 2.75) is 23.8 Å². The zero-order valence-corrected chi connectivity index (χ0v) is 13.0. The van der Waals surface area contributed by atoms with Gasteiger partial charge in [0.2, 0.25) is 0 Å². The number of hydrogen-bond acceptors (Lipinski definition) is 2. The number of nitrogens with zero attached hydrogens (tertiary/aromatic N) is 1. The van der Waals surface area contributed by atoms with Crippen molar-refractivity contribution in [3.05, 3.63) is 41.4 Å². The summed E-state index contributed by atoms with van der Waals surface area (Å²) in [6.07, 6.45) is 1.13. The number of fused-ring (bicyclic) bond motifs is 1. The number of hydrogen-bond donors (Lipinski definition) is 1. The molecule has 1 fully saturated rings. The fraction of sp³-hybridized carbons (Fsp3) is 0.312. The normalized spacial score (nSPS) is 18.3. The van der Waals surface area contributed by atoms with Gasteiger partial charge in [0.15, 0.2) is 0 Å². The number of carbonyl (C=O) groups is 1. The summed E-state index contributed by atoms with van der Waals surface area (Å²) in [5.41, 5.74) is 0. The molecule has 1 aliphatic rings. The third kappa shape index (κ3) is 3.27. The van der Waals surface area contributed by atoms with E-state index in [-0.39, 0.29) is 6.04 Å². The van der Waals surface area contributed by atoms with Crippen molar-refractivity contribution in [3.63, 3.8) is 0 Å². The maximum absolute atomic E-state index is 11.1. The van der Waals surface area contributed by atoms with Gasteiger partial charge in [-0.25, -0.2) is 4.79 Å². The van der Waals surface area contributed by atoms with Crippen LogP contribution < -0.4 is 0 Å². The topological polar surface area (TPSA) is 40.5 Å². The Labute approximate surface area is 132 Å². The van der Waals surface area contributed by atoms with E-state index in [1.807, 2.05) is 18.2 Å². The Hall–Kier alpha value is -1.39. The molecule has 1 amide bonds. The summed E-state index contributed by atoms with van der Waals surface area (Å²) >= 11 is 7.70. The molecule has 2 aromatic carbocycles. The van der Waals surface area contributed by atoms with Gasteiger partial charge in [0.05, 0.1) is 0 Å². The van der Waals surface area contributed by atoms with Crippen molar-refractivity contribution in [1.82, 2.24) is 4.90 Å². The van der Waals surface area contributed by atoms with Crippen molar-refractivity contribution in [3.8, 4) is 0 Å². The van der Waals surface area contributed by atoms with Crippen molar-refractivity contribution in [1.29, 1.82) is 0 Å². The van der Waals surface area contributed by atoms with E-state index in [9.17, 15) is 4.79 Å². The summed E-state index contributed by atoms with van der Waals surface area (Å²) in [4.78, 5) is 13.9. The van der Waals surface area contributed by atoms with Gasteiger partial charge in [-0.2, -0.15) is 0 Å². The van der Waals surface area contributed by atoms with Crippen molar-refractivity contribution in [2.75, 3.05) is 12.3 Å². The van der Waals surface area contributed by atoms with Gasteiger partial charge in [-0.1, -0.05) is 23.7 Å². The summed E-state index contributed by atoms with van der Waals surface area (Å²) in [5, 5.41) is 12.2. The van der Waals surface area contributed by atoms with Crippen LogP contribution in [0.25, 0.3) is 10.8 Å². The van der Waals surface area contributed by atoms with Crippen LogP contribution in [-0.2, 0) is 0 Å². The molecule has 1 aliphatic heterocycles. The van der Waals surface area contributed by atoms with Crippen LogP contribution in [0.3, 0.4) is 0 Å². The first kappa shape index (κ1) is 14.5. The van der Waals surface area contributed by atoms with Gasteiger partial charge in [0, 0.05) is 28.3 Å². The smallest absolute Gasteiger partial charge is 0.407 e. The van der Waals surface area contributed by atoms with Crippen LogP contribution in [0, 0.1) is 0 Å². The molecule has 21 heavy (non-hydrogen) atoms. The molecule has 0 bridgehead atoms. The monoisotopic (exact) mass is 321 g/mol. The molecule has 0 unspecified atom stereocenters. The van der Waals surface area contributed by atoms with Crippen molar-refractivity contribution >= 4 is 40.2 Å². The molecule has 1 saturated heterocycles. The Morgan fingerprint density at radius 1 is 1.29 bits per heavy atom. The maximum Gasteiger partial charge on any atom is 0.407 e. The average Bonchev–Trinajstić information content (AvgIpc) is 2.93. The van der Waals surface area contributed by atoms with E-state index in [1.54, 1.807) is 16.7 Å². The second-order valence-corrected chi connectivity index (χ2v) is 6.77. The van der Waals surface area contributed by atoms with Crippen LogP contribution in [0.5, 0.6) is 0 Å². The van der Waals surface area contributed by atoms with Gasteiger partial charge in [0.25, 0.3) is 0 Å². The molecule has 1 N–H and O–H groups in total. The number of rotatable bonds is 3. The predicted octanol–water partition coefficient (Wildman–Crippen LogP) is 4.73. The summed E-state index contributed by atoms with van der Waals surface area (Å²) in [6, 6.07) is 12.3. The van der Waals surface area contributed by atoms with Gasteiger partial charge in [-0.05, 0) is 47.9 Å². The summed E-state index contributed by atoms with van der Waals surface area (Å²) in [7, 11) is 0. The van der Waals surface area contributed by atoms with Crippen LogP contribution >= 0.6 is 23.4 Å². The van der Waals surface area contributed by atoms with E-state index in [0.717, 1.165) is 34.4 Å². The van der Waals surface area contributed by atoms with E-state index in [4.69, 9.17) is 16.7 Å². The third-order valence-corrected chi connectivity index (χ3v) is 5.21. The molecule has 3 nitrogen and oxygen atoms in total. The Bertz CT molecular complexity index is 676. The highest BCUT2D eigenvalue weighted by Crippen LogP contribution is 2.29. The van der Waals surface area contributed by atoms with Crippen LogP contribution in [0.2, 0.25) is 5.02 Å². The maximum atomic E-state index is 11.1. The summed E-state index contributed by atoms with van der Waals surface area (Å²) < 4.78 is 0. The van der Waals surface area contributed by atoms with E-state index < -0.39 is 6.09 Å². The Morgan fingerprint density at radius 2 is 2.05 bits per heavy atom. The highest BCUT2D eigenvalue weighted by Gasteiger charge is 2.28. The molecule has 1 atom stereocenters. The fourth-order valence-electron chi connectivity index (χ4n) is 2.74. The predicted molar refractivity (Wildman–Crippen MR) is 87.4 cm³/mol. The van der Waals surface area contributed by atoms with E-state index in [2.05, 4.69) is 18.2 Å². The summed E-state index contributed by atoms with van der Waals surface area (Å²) in [5.74, 6) is 0.811. The molecular weight excluding hydrogens is 306 g/mol. The molecule has 0 spiro atoms. The number of benzene rings is 2. The minimum absolute atomic E-state index is 0.133. The summed E-state index contributed by atoms with van der Waals surface area (Å²) in [6.45, 7) is 0.663. The van der Waals surface area contributed by atoms with Gasteiger partial charge >= 0.3 is 6.09 Å². The molecule has 0 saturated carbocycles. The number of halogens is 1. The molecule has 0 aliphatic carbocycles. The standard InChI is InChI=1S/C16H16ClNO2S/c17-13-5-3-12-9-15(6-4-11(12)8-13)21-10-14-2-1-7-18(14)16(19)20/h3-6,8-9,14H,1-2,7,10H2,(H,19,20)/t14-/m0/s1. The van der Waals surface area contributed by atoms with Gasteiger partial charge < -0.3 is 10.0 Å². The third-order valence-electron chi connectivity index (χ3n) is 3.84. The number of thioether (sulfide) groups is 1. The molecule has 0 aromatic heterocycles. The Balaban J connectivity index is 1.70. The lowest BCUT2D eigenvalue weighted by molar-refractivity contribution is 0.144. The van der Waals surface area contributed by atoms with Crippen LogP contribution in [0.1, 0.15) is 12.8 Å². The van der Waals surface area contributed by atoms with Crippen molar-refractivity contribution in [2.24, 2.45) is 0 Å². The first-order valence-electron chi connectivity index (χ1n) is 6.95. The molecule has 3 rings (SSSR count). The van der Waals surface area contributed by atoms with E-state index in [1.165, 1.54) is 4.90 Å². The van der Waals surface area contributed by atoms with Gasteiger partial charge in [-0.15, -0.1) is 11.8 Å². The zero-order valence-electron chi connectivity index (χ0n) is 11.5. The molecule has 2 aromatic rings.